The monoisotopic (exact) mass is 452 g/mol. The zero-order chi connectivity index (χ0) is 23.7. The second-order valence-electron chi connectivity index (χ2n) is 9.34. The van der Waals surface area contributed by atoms with Crippen molar-refractivity contribution in [2.75, 3.05) is 11.4 Å². The molecule has 172 valence electrons. The number of rotatable bonds is 5. The number of hydrogen-bond donors (Lipinski definition) is 1. The molecule has 0 radical (unpaired) electrons. The van der Waals surface area contributed by atoms with E-state index in [1.54, 1.807) is 23.0 Å². The van der Waals surface area contributed by atoms with Gasteiger partial charge in [0.2, 0.25) is 5.95 Å². The summed E-state index contributed by atoms with van der Waals surface area (Å²) in [5.41, 5.74) is 4.19. The van der Waals surface area contributed by atoms with Crippen LogP contribution in [0.2, 0.25) is 0 Å². The van der Waals surface area contributed by atoms with Gasteiger partial charge in [-0.2, -0.15) is 0 Å². The van der Waals surface area contributed by atoms with Gasteiger partial charge in [0, 0.05) is 36.1 Å². The van der Waals surface area contributed by atoms with Gasteiger partial charge in [-0.3, -0.25) is 14.3 Å². The smallest absolute Gasteiger partial charge is 0.255 e. The van der Waals surface area contributed by atoms with Crippen LogP contribution in [-0.4, -0.2) is 31.7 Å². The van der Waals surface area contributed by atoms with Crippen molar-refractivity contribution < 1.29 is 5.11 Å². The quantitative estimate of drug-likeness (QED) is 0.476. The number of aliphatic hydroxyl groups excluding tert-OH is 1. The highest BCUT2D eigenvalue weighted by Crippen LogP contribution is 2.33. The van der Waals surface area contributed by atoms with E-state index in [2.05, 4.69) is 35.9 Å². The van der Waals surface area contributed by atoms with Crippen molar-refractivity contribution in [1.29, 1.82) is 0 Å². The topological polar surface area (TPSA) is 71.2 Å². The van der Waals surface area contributed by atoms with Crippen LogP contribution in [0.4, 0.5) is 5.95 Å². The van der Waals surface area contributed by atoms with Crippen molar-refractivity contribution in [3.63, 3.8) is 0 Å². The number of pyridine rings is 1. The Balaban J connectivity index is 1.46. The standard InChI is InChI=1S/C28H28N4O2/c1-28(2)14-17-31-26(34)18-24(22-12-15-29-16-13-22)30-27(31)32(28)19-25(33)23-10-8-21(9-11-23)20-6-4-3-5-7-20/h3-13,15-16,18,25,33H,14,17,19H2,1-2H3. The lowest BCUT2D eigenvalue weighted by atomic mass is 9.94. The van der Waals surface area contributed by atoms with E-state index < -0.39 is 6.10 Å². The molecule has 1 aliphatic heterocycles. The predicted octanol–water partition coefficient (Wildman–Crippen LogP) is 4.69. The van der Waals surface area contributed by atoms with Gasteiger partial charge in [-0.15, -0.1) is 0 Å². The van der Waals surface area contributed by atoms with Gasteiger partial charge in [-0.05, 0) is 49.1 Å². The minimum atomic E-state index is -0.725. The Bertz CT molecular complexity index is 1330. The molecule has 0 aliphatic carbocycles. The molecule has 1 atom stereocenters. The zero-order valence-electron chi connectivity index (χ0n) is 19.4. The summed E-state index contributed by atoms with van der Waals surface area (Å²) in [7, 11) is 0. The summed E-state index contributed by atoms with van der Waals surface area (Å²) in [6.07, 6.45) is 3.45. The first-order valence-corrected chi connectivity index (χ1v) is 11.6. The van der Waals surface area contributed by atoms with Crippen LogP contribution in [-0.2, 0) is 6.54 Å². The molecule has 1 aliphatic rings. The average molecular weight is 453 g/mol. The van der Waals surface area contributed by atoms with Crippen LogP contribution in [0, 0.1) is 0 Å². The van der Waals surface area contributed by atoms with Crippen LogP contribution < -0.4 is 10.5 Å². The Morgan fingerprint density at radius 2 is 1.62 bits per heavy atom. The zero-order valence-corrected chi connectivity index (χ0v) is 19.4. The molecule has 2 aromatic carbocycles. The molecule has 1 unspecified atom stereocenters. The SMILES string of the molecule is CC1(C)CCn2c(nc(-c3ccncc3)cc2=O)N1CC(O)c1ccc(-c2ccccc2)cc1. The molecule has 0 fully saturated rings. The fourth-order valence-electron chi connectivity index (χ4n) is 4.51. The molecule has 2 aromatic heterocycles. The Labute approximate surface area is 199 Å². The summed E-state index contributed by atoms with van der Waals surface area (Å²) in [4.78, 5) is 24.0. The van der Waals surface area contributed by atoms with Crippen LogP contribution in [0.25, 0.3) is 22.4 Å². The van der Waals surface area contributed by atoms with Crippen molar-refractivity contribution >= 4 is 5.95 Å². The van der Waals surface area contributed by atoms with Crippen molar-refractivity contribution in [2.24, 2.45) is 0 Å². The molecule has 34 heavy (non-hydrogen) atoms. The molecule has 0 saturated heterocycles. The molecule has 5 rings (SSSR count). The lowest BCUT2D eigenvalue weighted by Crippen LogP contribution is -2.53. The van der Waals surface area contributed by atoms with E-state index in [1.165, 1.54) is 0 Å². The second kappa shape index (κ2) is 8.88. The van der Waals surface area contributed by atoms with Gasteiger partial charge in [0.05, 0.1) is 18.3 Å². The highest BCUT2D eigenvalue weighted by molar-refractivity contribution is 5.63. The Morgan fingerprint density at radius 1 is 0.941 bits per heavy atom. The fourth-order valence-corrected chi connectivity index (χ4v) is 4.51. The van der Waals surface area contributed by atoms with Crippen LogP contribution in [0.15, 0.2) is 90.0 Å². The number of β-amino-alcohol motifs (C(OH)–C–C–N with tert-alkyl or cyclic N) is 1. The number of anilines is 1. The van der Waals surface area contributed by atoms with Gasteiger partial charge < -0.3 is 10.0 Å². The summed E-state index contributed by atoms with van der Waals surface area (Å²) >= 11 is 0. The Morgan fingerprint density at radius 3 is 2.32 bits per heavy atom. The summed E-state index contributed by atoms with van der Waals surface area (Å²) < 4.78 is 1.71. The van der Waals surface area contributed by atoms with E-state index in [9.17, 15) is 9.90 Å². The molecule has 0 amide bonds. The first-order chi connectivity index (χ1) is 16.4. The van der Waals surface area contributed by atoms with Crippen molar-refractivity contribution in [3.05, 3.63) is 101 Å². The van der Waals surface area contributed by atoms with E-state index >= 15 is 0 Å². The van der Waals surface area contributed by atoms with E-state index in [1.807, 2.05) is 54.6 Å². The third kappa shape index (κ3) is 4.24. The highest BCUT2D eigenvalue weighted by atomic mass is 16.3. The van der Waals surface area contributed by atoms with E-state index in [0.717, 1.165) is 28.7 Å². The maximum atomic E-state index is 13.0. The molecule has 4 aromatic rings. The van der Waals surface area contributed by atoms with Crippen LogP contribution in [0.5, 0.6) is 0 Å². The van der Waals surface area contributed by atoms with Gasteiger partial charge in [0.15, 0.2) is 0 Å². The molecule has 3 heterocycles. The minimum Gasteiger partial charge on any atom is -0.387 e. The van der Waals surface area contributed by atoms with E-state index in [0.29, 0.717) is 24.7 Å². The van der Waals surface area contributed by atoms with Crippen molar-refractivity contribution in [2.45, 2.75) is 38.5 Å². The molecule has 6 nitrogen and oxygen atoms in total. The van der Waals surface area contributed by atoms with Crippen LogP contribution in [0.1, 0.15) is 31.9 Å². The molecular weight excluding hydrogens is 424 g/mol. The number of aromatic nitrogens is 3. The minimum absolute atomic E-state index is 0.0842. The number of nitrogens with zero attached hydrogens (tertiary/aromatic N) is 4. The third-order valence-corrected chi connectivity index (χ3v) is 6.64. The lowest BCUT2D eigenvalue weighted by molar-refractivity contribution is 0.169. The lowest BCUT2D eigenvalue weighted by Gasteiger charge is -2.45. The van der Waals surface area contributed by atoms with Gasteiger partial charge in [-0.25, -0.2) is 4.98 Å². The molecular formula is C28H28N4O2. The maximum absolute atomic E-state index is 13.0. The average Bonchev–Trinajstić information content (AvgIpc) is 2.86. The van der Waals surface area contributed by atoms with E-state index in [4.69, 9.17) is 4.98 Å². The van der Waals surface area contributed by atoms with Crippen molar-refractivity contribution in [1.82, 2.24) is 14.5 Å². The highest BCUT2D eigenvalue weighted by Gasteiger charge is 2.36. The maximum Gasteiger partial charge on any atom is 0.255 e. The molecule has 0 saturated carbocycles. The summed E-state index contributed by atoms with van der Waals surface area (Å²) in [5, 5.41) is 11.2. The Kier molecular flexibility index (Phi) is 5.75. The van der Waals surface area contributed by atoms with Gasteiger partial charge in [-0.1, -0.05) is 54.6 Å². The second-order valence-corrected chi connectivity index (χ2v) is 9.34. The van der Waals surface area contributed by atoms with Crippen LogP contribution >= 0.6 is 0 Å². The molecule has 0 spiro atoms. The first kappa shape index (κ1) is 22.0. The van der Waals surface area contributed by atoms with Gasteiger partial charge >= 0.3 is 0 Å². The van der Waals surface area contributed by atoms with Crippen LogP contribution in [0.3, 0.4) is 0 Å². The number of benzene rings is 2. The number of hydrogen-bond acceptors (Lipinski definition) is 5. The predicted molar refractivity (Wildman–Crippen MR) is 135 cm³/mol. The summed E-state index contributed by atoms with van der Waals surface area (Å²) in [6.45, 7) is 5.20. The largest absolute Gasteiger partial charge is 0.387 e. The Hall–Kier alpha value is -3.77. The van der Waals surface area contributed by atoms with Gasteiger partial charge in [0.1, 0.15) is 0 Å². The van der Waals surface area contributed by atoms with E-state index in [-0.39, 0.29) is 11.1 Å². The third-order valence-electron chi connectivity index (χ3n) is 6.64. The molecule has 1 N–H and O–H groups in total. The van der Waals surface area contributed by atoms with Gasteiger partial charge in [0.25, 0.3) is 5.56 Å². The summed E-state index contributed by atoms with van der Waals surface area (Å²) in [6, 6.07) is 23.5. The number of fused-ring (bicyclic) bond motifs is 1. The van der Waals surface area contributed by atoms with Crippen molar-refractivity contribution in [3.8, 4) is 22.4 Å². The fraction of sp³-hybridized carbons (Fsp3) is 0.250. The molecule has 0 bridgehead atoms. The first-order valence-electron chi connectivity index (χ1n) is 11.6. The normalized spacial score (nSPS) is 15.6. The number of aliphatic hydroxyl groups is 1. The summed E-state index contributed by atoms with van der Waals surface area (Å²) in [5.74, 6) is 0.593. The molecule has 6 heteroatoms.